The third-order valence-electron chi connectivity index (χ3n) is 5.10. The lowest BCUT2D eigenvalue weighted by molar-refractivity contribution is -0.142. The van der Waals surface area contributed by atoms with Crippen LogP contribution in [-0.2, 0) is 35.1 Å². The van der Waals surface area contributed by atoms with Gasteiger partial charge in [-0.15, -0.1) is 0 Å². The molecule has 0 aromatic carbocycles. The molecule has 1 aromatic heterocycles. The monoisotopic (exact) mass is 329 g/mol. The molecule has 2 aliphatic carbocycles. The molecule has 8 heteroatoms. The summed E-state index contributed by atoms with van der Waals surface area (Å²) in [6.07, 6.45) is -1.96. The van der Waals surface area contributed by atoms with Gasteiger partial charge in [-0.05, 0) is 25.7 Å². The van der Waals surface area contributed by atoms with Crippen LogP contribution in [0.25, 0.3) is 0 Å². The van der Waals surface area contributed by atoms with E-state index < -0.39 is 11.9 Å². The van der Waals surface area contributed by atoms with E-state index in [-0.39, 0.29) is 24.1 Å². The van der Waals surface area contributed by atoms with Gasteiger partial charge in [-0.2, -0.15) is 18.3 Å². The number of rotatable bonds is 3. The van der Waals surface area contributed by atoms with Crippen LogP contribution in [-0.4, -0.2) is 34.9 Å². The number of carbonyl (C=O) groups excluding carboxylic acids is 1. The highest BCUT2D eigenvalue weighted by atomic mass is 19.4. The summed E-state index contributed by atoms with van der Waals surface area (Å²) in [6.45, 7) is 1.17. The molecule has 1 aromatic rings. The molecule has 1 unspecified atom stereocenters. The number of alkyl halides is 3. The summed E-state index contributed by atoms with van der Waals surface area (Å²) in [4.78, 5) is 12.1. The number of carbonyl (C=O) groups is 1. The van der Waals surface area contributed by atoms with E-state index in [1.165, 1.54) is 4.68 Å². The molecule has 1 saturated carbocycles. The normalized spacial score (nSPS) is 29.1. The van der Waals surface area contributed by atoms with Crippen LogP contribution in [0.1, 0.15) is 29.8 Å². The summed E-state index contributed by atoms with van der Waals surface area (Å²) in [5, 5.41) is 6.61. The number of fused-ring (bicyclic) bond motifs is 2. The highest BCUT2D eigenvalue weighted by Crippen LogP contribution is 2.44. The van der Waals surface area contributed by atoms with Crippen molar-refractivity contribution in [3.8, 4) is 0 Å². The summed E-state index contributed by atoms with van der Waals surface area (Å²) < 4.78 is 45.8. The molecule has 2 heterocycles. The van der Waals surface area contributed by atoms with E-state index in [2.05, 4.69) is 10.4 Å². The zero-order chi connectivity index (χ0) is 16.2. The molecular weight excluding hydrogens is 311 g/mol. The van der Waals surface area contributed by atoms with Crippen molar-refractivity contribution >= 4 is 5.91 Å². The smallest absolute Gasteiger partial charge is 0.381 e. The number of nitrogens with zero attached hydrogens (tertiary/aromatic N) is 2. The van der Waals surface area contributed by atoms with Crippen LogP contribution in [0.15, 0.2) is 0 Å². The van der Waals surface area contributed by atoms with Crippen molar-refractivity contribution < 1.29 is 22.7 Å². The van der Waals surface area contributed by atoms with Crippen molar-refractivity contribution in [1.82, 2.24) is 15.1 Å². The second kappa shape index (κ2) is 5.22. The predicted molar refractivity (Wildman–Crippen MR) is 73.6 cm³/mol. The number of hydrogen-bond acceptors (Lipinski definition) is 3. The molecule has 0 spiro atoms. The van der Waals surface area contributed by atoms with Gasteiger partial charge in [0.1, 0.15) is 6.54 Å². The largest absolute Gasteiger partial charge is 0.435 e. The van der Waals surface area contributed by atoms with Gasteiger partial charge in [0.15, 0.2) is 5.69 Å². The minimum Gasteiger partial charge on any atom is -0.381 e. The average Bonchev–Trinajstić information content (AvgIpc) is 2.90. The van der Waals surface area contributed by atoms with Crippen molar-refractivity contribution in [3.05, 3.63) is 17.0 Å². The van der Waals surface area contributed by atoms with Gasteiger partial charge in [-0.3, -0.25) is 9.48 Å². The summed E-state index contributed by atoms with van der Waals surface area (Å²) in [5.74, 6) is 0.474. The van der Waals surface area contributed by atoms with E-state index in [9.17, 15) is 18.0 Å². The topological polar surface area (TPSA) is 56.2 Å². The van der Waals surface area contributed by atoms with Gasteiger partial charge in [-0.1, -0.05) is 0 Å². The lowest BCUT2D eigenvalue weighted by atomic mass is 9.95. The minimum absolute atomic E-state index is 0.115. The zero-order valence-corrected chi connectivity index (χ0v) is 12.5. The lowest BCUT2D eigenvalue weighted by Crippen LogP contribution is -2.33. The molecule has 126 valence electrons. The van der Waals surface area contributed by atoms with Crippen molar-refractivity contribution in [3.63, 3.8) is 0 Å². The summed E-state index contributed by atoms with van der Waals surface area (Å²) in [7, 11) is 0. The van der Waals surface area contributed by atoms with Crippen LogP contribution in [0, 0.1) is 11.8 Å². The van der Waals surface area contributed by atoms with Crippen molar-refractivity contribution in [2.45, 2.75) is 44.4 Å². The Hall–Kier alpha value is -1.57. The maximum absolute atomic E-state index is 13.1. The van der Waals surface area contributed by atoms with E-state index in [1.807, 2.05) is 0 Å². The SMILES string of the molecule is O=C(Cn1nc(C(F)(F)F)c2c1CCCC2)NC1[C@H]2COC[C@@H]12. The van der Waals surface area contributed by atoms with Gasteiger partial charge >= 0.3 is 6.18 Å². The average molecular weight is 329 g/mol. The Kier molecular flexibility index (Phi) is 3.40. The maximum Gasteiger partial charge on any atom is 0.435 e. The molecule has 1 aliphatic heterocycles. The summed E-state index contributed by atoms with van der Waals surface area (Å²) >= 11 is 0. The molecule has 5 nitrogen and oxygen atoms in total. The molecular formula is C15H18F3N3O2. The summed E-state index contributed by atoms with van der Waals surface area (Å²) in [5.41, 5.74) is 0.0167. The standard InChI is InChI=1S/C15H18F3N3O2/c16-15(17,18)14-8-3-1-2-4-11(8)21(20-14)5-12(22)19-13-9-6-23-7-10(9)13/h9-10,13H,1-7H2,(H,19,22)/t9-,10+,13?. The van der Waals surface area contributed by atoms with E-state index in [0.29, 0.717) is 43.6 Å². The van der Waals surface area contributed by atoms with Gasteiger partial charge in [0.05, 0.1) is 13.2 Å². The third-order valence-corrected chi connectivity index (χ3v) is 5.10. The maximum atomic E-state index is 13.1. The lowest BCUT2D eigenvalue weighted by Gasteiger charge is -2.15. The molecule has 0 radical (unpaired) electrons. The fourth-order valence-corrected chi connectivity index (χ4v) is 3.85. The molecule has 0 bridgehead atoms. The second-order valence-corrected chi connectivity index (χ2v) is 6.59. The highest BCUT2D eigenvalue weighted by molar-refractivity contribution is 5.76. The Balaban J connectivity index is 1.50. The van der Waals surface area contributed by atoms with Crippen molar-refractivity contribution in [1.29, 1.82) is 0 Å². The fourth-order valence-electron chi connectivity index (χ4n) is 3.85. The van der Waals surface area contributed by atoms with E-state index in [0.717, 1.165) is 12.8 Å². The van der Waals surface area contributed by atoms with Crippen LogP contribution in [0.4, 0.5) is 13.2 Å². The Bertz CT molecular complexity index is 631. The second-order valence-electron chi connectivity index (χ2n) is 6.59. The quantitative estimate of drug-likeness (QED) is 0.915. The number of ether oxygens (including phenoxy) is 1. The van der Waals surface area contributed by atoms with Gasteiger partial charge in [0.2, 0.25) is 5.91 Å². The molecule has 3 aliphatic rings. The zero-order valence-electron chi connectivity index (χ0n) is 12.5. The third kappa shape index (κ3) is 2.62. The first-order valence-electron chi connectivity index (χ1n) is 7.98. The van der Waals surface area contributed by atoms with E-state index >= 15 is 0 Å². The first kappa shape index (κ1) is 15.0. The van der Waals surface area contributed by atoms with E-state index in [1.54, 1.807) is 0 Å². The minimum atomic E-state index is -4.46. The number of amides is 1. The van der Waals surface area contributed by atoms with Gasteiger partial charge in [-0.25, -0.2) is 0 Å². The molecule has 1 amide bonds. The van der Waals surface area contributed by atoms with Crippen LogP contribution in [0.2, 0.25) is 0 Å². The van der Waals surface area contributed by atoms with E-state index in [4.69, 9.17) is 4.74 Å². The molecule has 23 heavy (non-hydrogen) atoms. The fraction of sp³-hybridized carbons (Fsp3) is 0.733. The van der Waals surface area contributed by atoms with Crippen molar-refractivity contribution in [2.75, 3.05) is 13.2 Å². The Morgan fingerprint density at radius 3 is 2.65 bits per heavy atom. The predicted octanol–water partition coefficient (Wildman–Crippen LogP) is 1.54. The number of hydrogen-bond donors (Lipinski definition) is 1. The van der Waals surface area contributed by atoms with Crippen LogP contribution in [0.3, 0.4) is 0 Å². The van der Waals surface area contributed by atoms with Gasteiger partial charge in [0, 0.05) is 29.1 Å². The molecule has 3 atom stereocenters. The molecule has 4 rings (SSSR count). The Labute approximate surface area is 131 Å². The Morgan fingerprint density at radius 1 is 1.26 bits per heavy atom. The first-order valence-corrected chi connectivity index (χ1v) is 7.98. The van der Waals surface area contributed by atoms with Crippen molar-refractivity contribution in [2.24, 2.45) is 11.8 Å². The van der Waals surface area contributed by atoms with Gasteiger partial charge in [0.25, 0.3) is 0 Å². The molecule has 1 N–H and O–H groups in total. The molecule has 1 saturated heterocycles. The highest BCUT2D eigenvalue weighted by Gasteiger charge is 2.54. The van der Waals surface area contributed by atoms with Crippen LogP contribution >= 0.6 is 0 Å². The Morgan fingerprint density at radius 2 is 1.96 bits per heavy atom. The number of aromatic nitrogens is 2. The number of halogens is 3. The van der Waals surface area contributed by atoms with Crippen LogP contribution in [0.5, 0.6) is 0 Å². The first-order chi connectivity index (χ1) is 10.9. The summed E-state index contributed by atoms with van der Waals surface area (Å²) in [6, 6.07) is 0.115. The van der Waals surface area contributed by atoms with Gasteiger partial charge < -0.3 is 10.1 Å². The van der Waals surface area contributed by atoms with Crippen LogP contribution < -0.4 is 5.32 Å². The molecule has 2 fully saturated rings. The number of nitrogens with one attached hydrogen (secondary N) is 1.